The lowest BCUT2D eigenvalue weighted by molar-refractivity contribution is -0.0575. The number of ether oxygens (including phenoxy) is 2. The summed E-state index contributed by atoms with van der Waals surface area (Å²) in [6.07, 6.45) is 4.47. The molecule has 1 saturated heterocycles. The highest BCUT2D eigenvalue weighted by Crippen LogP contribution is 2.48. The van der Waals surface area contributed by atoms with Gasteiger partial charge in [0.15, 0.2) is 11.5 Å². The molecule has 26 heavy (non-hydrogen) atoms. The summed E-state index contributed by atoms with van der Waals surface area (Å²) >= 11 is 6.11. The van der Waals surface area contributed by atoms with Gasteiger partial charge in [0.2, 0.25) is 0 Å². The summed E-state index contributed by atoms with van der Waals surface area (Å²) in [7, 11) is 0. The van der Waals surface area contributed by atoms with Crippen LogP contribution in [0.25, 0.3) is 0 Å². The molecular weight excluding hydrogens is 356 g/mol. The molecule has 0 radical (unpaired) electrons. The number of carbonyl (C=O) groups is 1. The van der Waals surface area contributed by atoms with Crippen LogP contribution >= 0.6 is 11.6 Å². The highest BCUT2D eigenvalue weighted by molar-refractivity contribution is 6.34. The number of unbranched alkanes of at least 4 members (excludes halogenated alkanes) is 1. The molecule has 3 N–H and O–H groups in total. The molecule has 0 aromatic heterocycles. The molecule has 0 amide bonds. The van der Waals surface area contributed by atoms with Crippen LogP contribution in [0.3, 0.4) is 0 Å². The number of carboxylic acids is 1. The van der Waals surface area contributed by atoms with Crippen molar-refractivity contribution in [3.8, 4) is 11.5 Å². The fourth-order valence-electron chi connectivity index (χ4n) is 3.85. The first-order chi connectivity index (χ1) is 12.4. The van der Waals surface area contributed by atoms with Crippen LogP contribution in [-0.4, -0.2) is 47.8 Å². The number of benzene rings is 1. The molecule has 1 aromatic rings. The van der Waals surface area contributed by atoms with Crippen molar-refractivity contribution in [2.75, 3.05) is 32.0 Å². The van der Waals surface area contributed by atoms with Gasteiger partial charge in [-0.2, -0.15) is 0 Å². The van der Waals surface area contributed by atoms with Crippen LogP contribution in [0, 0.1) is 5.92 Å². The second-order valence-electron chi connectivity index (χ2n) is 7.46. The minimum atomic E-state index is -1.11. The first-order valence-electron chi connectivity index (χ1n) is 9.25. The largest absolute Gasteiger partial charge is 0.485 e. The van der Waals surface area contributed by atoms with Crippen molar-refractivity contribution in [3.05, 3.63) is 16.7 Å². The molecule has 0 spiro atoms. The highest BCUT2D eigenvalue weighted by Gasteiger charge is 2.44. The van der Waals surface area contributed by atoms with Crippen LogP contribution in [0.15, 0.2) is 6.07 Å². The SMILES string of the molecule is CCCCN1CCC(C2(C)COc3c(C(=O)O)cc(Cl)c(N)c3O2)CC1. The van der Waals surface area contributed by atoms with E-state index in [1.165, 1.54) is 18.9 Å². The van der Waals surface area contributed by atoms with E-state index in [1.807, 2.05) is 6.92 Å². The number of aromatic carboxylic acids is 1. The maximum atomic E-state index is 11.5. The predicted molar refractivity (Wildman–Crippen MR) is 101 cm³/mol. The van der Waals surface area contributed by atoms with E-state index in [0.29, 0.717) is 12.5 Å². The number of nitrogen functional groups attached to an aromatic ring is 1. The fraction of sp³-hybridized carbons (Fsp3) is 0.632. The molecule has 2 aliphatic rings. The van der Waals surface area contributed by atoms with Crippen molar-refractivity contribution in [2.45, 2.75) is 45.1 Å². The molecule has 2 aliphatic heterocycles. The average molecular weight is 383 g/mol. The molecule has 2 heterocycles. The number of piperidine rings is 1. The van der Waals surface area contributed by atoms with Gasteiger partial charge in [0.05, 0.1) is 10.7 Å². The Hall–Kier alpha value is -1.66. The van der Waals surface area contributed by atoms with Crippen LogP contribution < -0.4 is 15.2 Å². The van der Waals surface area contributed by atoms with Crippen molar-refractivity contribution >= 4 is 23.3 Å². The zero-order valence-electron chi connectivity index (χ0n) is 15.4. The van der Waals surface area contributed by atoms with Gasteiger partial charge in [0, 0.05) is 5.92 Å². The number of carboxylic acid groups (broad SMARTS) is 1. The molecule has 1 aromatic carbocycles. The first-order valence-corrected chi connectivity index (χ1v) is 9.63. The molecule has 1 unspecified atom stereocenters. The zero-order chi connectivity index (χ0) is 18.9. The van der Waals surface area contributed by atoms with E-state index < -0.39 is 11.6 Å². The number of hydrogen-bond donors (Lipinski definition) is 2. The minimum Gasteiger partial charge on any atom is -0.485 e. The summed E-state index contributed by atoms with van der Waals surface area (Å²) in [6.45, 7) is 7.76. The van der Waals surface area contributed by atoms with Gasteiger partial charge in [-0.05, 0) is 51.9 Å². The van der Waals surface area contributed by atoms with E-state index >= 15 is 0 Å². The number of likely N-dealkylation sites (tertiary alicyclic amines) is 1. The van der Waals surface area contributed by atoms with Gasteiger partial charge in [0.25, 0.3) is 0 Å². The van der Waals surface area contributed by atoms with E-state index in [1.54, 1.807) is 0 Å². The smallest absolute Gasteiger partial charge is 0.339 e. The standard InChI is InChI=1S/C19H27ClN2O4/c1-3-4-7-22-8-5-12(6-9-22)19(2)11-25-16-13(18(23)24)10-14(20)15(21)17(16)26-19/h10,12H,3-9,11,21H2,1-2H3,(H,23,24). The van der Waals surface area contributed by atoms with E-state index in [9.17, 15) is 9.90 Å². The Labute approximate surface area is 159 Å². The van der Waals surface area contributed by atoms with Crippen LogP contribution in [-0.2, 0) is 0 Å². The lowest BCUT2D eigenvalue weighted by Gasteiger charge is -2.45. The lowest BCUT2D eigenvalue weighted by Crippen LogP contribution is -2.52. The number of hydrogen-bond acceptors (Lipinski definition) is 5. The van der Waals surface area contributed by atoms with Crippen LogP contribution in [0.5, 0.6) is 11.5 Å². The number of nitrogens with zero attached hydrogens (tertiary/aromatic N) is 1. The quantitative estimate of drug-likeness (QED) is 0.756. The highest BCUT2D eigenvalue weighted by atomic mass is 35.5. The summed E-state index contributed by atoms with van der Waals surface area (Å²) in [5, 5.41) is 9.56. The van der Waals surface area contributed by atoms with Crippen LogP contribution in [0.4, 0.5) is 5.69 Å². The monoisotopic (exact) mass is 382 g/mol. The third kappa shape index (κ3) is 3.58. The minimum absolute atomic E-state index is 0.0179. The van der Waals surface area contributed by atoms with Crippen LogP contribution in [0.1, 0.15) is 49.9 Å². The van der Waals surface area contributed by atoms with Crippen molar-refractivity contribution in [1.29, 1.82) is 0 Å². The van der Waals surface area contributed by atoms with Gasteiger partial charge in [-0.3, -0.25) is 0 Å². The number of anilines is 1. The van der Waals surface area contributed by atoms with Gasteiger partial charge in [-0.15, -0.1) is 0 Å². The Morgan fingerprint density at radius 1 is 1.42 bits per heavy atom. The summed E-state index contributed by atoms with van der Waals surface area (Å²) in [4.78, 5) is 14.0. The molecule has 0 aliphatic carbocycles. The Bertz CT molecular complexity index is 689. The normalized spacial score (nSPS) is 23.8. The van der Waals surface area contributed by atoms with Crippen molar-refractivity contribution < 1.29 is 19.4 Å². The molecule has 6 nitrogen and oxygen atoms in total. The number of nitrogens with two attached hydrogens (primary N) is 1. The third-order valence-corrected chi connectivity index (χ3v) is 5.88. The third-order valence-electron chi connectivity index (χ3n) is 5.57. The second kappa shape index (κ2) is 7.53. The van der Waals surface area contributed by atoms with E-state index in [4.69, 9.17) is 26.8 Å². The van der Waals surface area contributed by atoms with E-state index in [-0.39, 0.29) is 27.8 Å². The second-order valence-corrected chi connectivity index (χ2v) is 7.86. The molecule has 144 valence electrons. The summed E-state index contributed by atoms with van der Waals surface area (Å²) < 4.78 is 12.1. The van der Waals surface area contributed by atoms with Gasteiger partial charge < -0.3 is 25.2 Å². The van der Waals surface area contributed by atoms with Crippen molar-refractivity contribution in [3.63, 3.8) is 0 Å². The topological polar surface area (TPSA) is 85.0 Å². The van der Waals surface area contributed by atoms with Crippen molar-refractivity contribution in [1.82, 2.24) is 4.90 Å². The van der Waals surface area contributed by atoms with Gasteiger partial charge in [0.1, 0.15) is 17.8 Å². The van der Waals surface area contributed by atoms with E-state index in [0.717, 1.165) is 32.5 Å². The molecular formula is C19H27ClN2O4. The maximum Gasteiger partial charge on any atom is 0.339 e. The molecule has 1 fully saturated rings. The van der Waals surface area contributed by atoms with Gasteiger partial charge >= 0.3 is 5.97 Å². The van der Waals surface area contributed by atoms with Crippen LogP contribution in [0.2, 0.25) is 5.02 Å². The summed E-state index contributed by atoms with van der Waals surface area (Å²) in [5.74, 6) is -0.353. The Morgan fingerprint density at radius 2 is 2.12 bits per heavy atom. The zero-order valence-corrected chi connectivity index (χ0v) is 16.1. The Morgan fingerprint density at radius 3 is 2.73 bits per heavy atom. The fourth-order valence-corrected chi connectivity index (χ4v) is 4.05. The number of halogens is 1. The lowest BCUT2D eigenvalue weighted by atomic mass is 9.81. The average Bonchev–Trinajstić information content (AvgIpc) is 2.63. The van der Waals surface area contributed by atoms with E-state index in [2.05, 4.69) is 11.8 Å². The molecule has 0 saturated carbocycles. The molecule has 0 bridgehead atoms. The maximum absolute atomic E-state index is 11.5. The Balaban J connectivity index is 1.78. The number of rotatable bonds is 5. The Kier molecular flexibility index (Phi) is 5.53. The number of fused-ring (bicyclic) bond motifs is 1. The first kappa shape index (κ1) is 19.1. The molecule has 7 heteroatoms. The van der Waals surface area contributed by atoms with Gasteiger partial charge in [-0.25, -0.2) is 4.79 Å². The summed E-state index contributed by atoms with van der Waals surface area (Å²) in [6, 6.07) is 1.32. The summed E-state index contributed by atoms with van der Waals surface area (Å²) in [5.41, 5.74) is 5.73. The molecule has 1 atom stereocenters. The van der Waals surface area contributed by atoms with Crippen molar-refractivity contribution in [2.24, 2.45) is 5.92 Å². The predicted octanol–water partition coefficient (Wildman–Crippen LogP) is 3.66. The van der Waals surface area contributed by atoms with Gasteiger partial charge in [-0.1, -0.05) is 24.9 Å². The molecule has 3 rings (SSSR count).